The van der Waals surface area contributed by atoms with Crippen molar-refractivity contribution < 1.29 is 14.6 Å². The molecule has 1 heterocycles. The minimum Gasteiger partial charge on any atom is -0.394 e. The molecule has 1 saturated heterocycles. The van der Waals surface area contributed by atoms with Gasteiger partial charge in [0.15, 0.2) is 0 Å². The molecule has 0 saturated carbocycles. The minimum atomic E-state index is -0.485. The number of benzene rings is 1. The van der Waals surface area contributed by atoms with Crippen molar-refractivity contribution in [1.82, 2.24) is 4.90 Å². The predicted octanol–water partition coefficient (Wildman–Crippen LogP) is 0.893. The van der Waals surface area contributed by atoms with E-state index in [-0.39, 0.29) is 18.6 Å². The lowest BCUT2D eigenvalue weighted by Crippen LogP contribution is -2.55. The summed E-state index contributed by atoms with van der Waals surface area (Å²) in [5.74, 6) is 5.38. The summed E-state index contributed by atoms with van der Waals surface area (Å²) in [5.41, 5.74) is 4.19. The molecule has 116 valence electrons. The Kier molecular flexibility index (Phi) is 4.51. The number of carbonyl (C=O) groups is 1. The molecule has 4 N–H and O–H groups in total. The van der Waals surface area contributed by atoms with Gasteiger partial charge in [-0.25, -0.2) is 0 Å². The number of nitrogens with two attached hydrogens (primary N) is 1. The number of aliphatic hydroxyl groups is 1. The average Bonchev–Trinajstić information content (AvgIpc) is 2.44. The molecule has 2 rings (SSSR count). The number of rotatable bonds is 3. The van der Waals surface area contributed by atoms with E-state index >= 15 is 0 Å². The average molecular weight is 293 g/mol. The van der Waals surface area contributed by atoms with Crippen LogP contribution in [0.5, 0.6) is 0 Å². The molecule has 1 atom stereocenters. The van der Waals surface area contributed by atoms with Crippen molar-refractivity contribution in [2.75, 3.05) is 25.1 Å². The van der Waals surface area contributed by atoms with E-state index in [1.807, 2.05) is 32.9 Å². The zero-order chi connectivity index (χ0) is 15.6. The predicted molar refractivity (Wildman–Crippen MR) is 80.9 cm³/mol. The summed E-state index contributed by atoms with van der Waals surface area (Å²) in [4.78, 5) is 14.5. The highest BCUT2D eigenvalue weighted by Crippen LogP contribution is 2.25. The quantitative estimate of drug-likeness (QED) is 0.569. The first kappa shape index (κ1) is 15.8. The topological polar surface area (TPSA) is 87.8 Å². The van der Waals surface area contributed by atoms with Gasteiger partial charge in [-0.2, -0.15) is 0 Å². The maximum absolute atomic E-state index is 12.8. The number of nitrogen functional groups attached to an aromatic ring is 1. The van der Waals surface area contributed by atoms with Crippen LogP contribution in [-0.4, -0.2) is 47.3 Å². The molecule has 0 bridgehead atoms. The number of hydrazine groups is 1. The maximum Gasteiger partial charge on any atom is 0.256 e. The maximum atomic E-state index is 12.8. The first-order valence-corrected chi connectivity index (χ1v) is 7.01. The molecule has 1 aromatic rings. The fraction of sp³-hybridized carbons (Fsp3) is 0.533. The zero-order valence-electron chi connectivity index (χ0n) is 12.7. The van der Waals surface area contributed by atoms with Gasteiger partial charge >= 0.3 is 0 Å². The van der Waals surface area contributed by atoms with E-state index in [9.17, 15) is 9.90 Å². The fourth-order valence-electron chi connectivity index (χ4n) is 2.68. The van der Waals surface area contributed by atoms with Crippen molar-refractivity contribution in [2.24, 2.45) is 5.84 Å². The first-order chi connectivity index (χ1) is 9.86. The number of ether oxygens (including phenoxy) is 1. The zero-order valence-corrected chi connectivity index (χ0v) is 12.7. The van der Waals surface area contributed by atoms with Gasteiger partial charge in [0.25, 0.3) is 5.91 Å². The number of amides is 1. The van der Waals surface area contributed by atoms with Crippen LogP contribution in [0, 0.1) is 6.92 Å². The van der Waals surface area contributed by atoms with E-state index in [0.29, 0.717) is 24.3 Å². The number of nitrogens with zero attached hydrogens (tertiary/aromatic N) is 1. The van der Waals surface area contributed by atoms with Gasteiger partial charge in [-0.3, -0.25) is 10.6 Å². The summed E-state index contributed by atoms with van der Waals surface area (Å²) in [6, 6.07) is 5.50. The van der Waals surface area contributed by atoms with E-state index < -0.39 is 5.60 Å². The fourth-order valence-corrected chi connectivity index (χ4v) is 2.68. The molecular formula is C15H23N3O3. The van der Waals surface area contributed by atoms with Crippen LogP contribution >= 0.6 is 0 Å². The Balaban J connectivity index is 2.28. The van der Waals surface area contributed by atoms with Crippen LogP contribution < -0.4 is 11.3 Å². The Hall–Kier alpha value is -1.63. The highest BCUT2D eigenvalue weighted by Gasteiger charge is 2.36. The molecule has 1 aliphatic rings. The van der Waals surface area contributed by atoms with Crippen LogP contribution in [0.15, 0.2) is 18.2 Å². The van der Waals surface area contributed by atoms with Crippen LogP contribution in [0.1, 0.15) is 29.8 Å². The molecule has 6 heteroatoms. The van der Waals surface area contributed by atoms with Crippen molar-refractivity contribution >= 4 is 11.6 Å². The van der Waals surface area contributed by atoms with E-state index in [1.165, 1.54) is 0 Å². The summed E-state index contributed by atoms with van der Waals surface area (Å²) < 4.78 is 5.74. The Morgan fingerprint density at radius 2 is 2.29 bits per heavy atom. The largest absolute Gasteiger partial charge is 0.394 e. The number of morpholine rings is 1. The molecule has 1 amide bonds. The van der Waals surface area contributed by atoms with Crippen molar-refractivity contribution in [2.45, 2.75) is 32.5 Å². The van der Waals surface area contributed by atoms with Gasteiger partial charge in [-0.1, -0.05) is 11.6 Å². The van der Waals surface area contributed by atoms with Crippen molar-refractivity contribution in [3.63, 3.8) is 0 Å². The molecule has 6 nitrogen and oxygen atoms in total. The third kappa shape index (κ3) is 3.53. The summed E-state index contributed by atoms with van der Waals surface area (Å²) in [5, 5.41) is 9.34. The smallest absolute Gasteiger partial charge is 0.256 e. The highest BCUT2D eigenvalue weighted by molar-refractivity contribution is 5.99. The number of hydrogen-bond acceptors (Lipinski definition) is 5. The Morgan fingerprint density at radius 1 is 1.57 bits per heavy atom. The molecule has 1 aromatic carbocycles. The second kappa shape index (κ2) is 6.01. The number of hydrogen-bond donors (Lipinski definition) is 3. The third-order valence-electron chi connectivity index (χ3n) is 3.53. The third-order valence-corrected chi connectivity index (χ3v) is 3.53. The van der Waals surface area contributed by atoms with Crippen molar-refractivity contribution in [1.29, 1.82) is 0 Å². The number of aryl methyl sites for hydroxylation is 1. The van der Waals surface area contributed by atoms with Crippen LogP contribution in [-0.2, 0) is 4.74 Å². The second-order valence-corrected chi connectivity index (χ2v) is 6.06. The molecule has 1 unspecified atom stereocenters. The molecule has 0 aliphatic carbocycles. The van der Waals surface area contributed by atoms with Gasteiger partial charge < -0.3 is 20.2 Å². The minimum absolute atomic E-state index is 0.108. The van der Waals surface area contributed by atoms with E-state index in [1.54, 1.807) is 11.0 Å². The number of anilines is 1. The van der Waals surface area contributed by atoms with Crippen molar-refractivity contribution in [3.8, 4) is 0 Å². The molecule has 0 spiro atoms. The second-order valence-electron chi connectivity index (χ2n) is 6.06. The normalized spacial score (nSPS) is 21.2. The molecular weight excluding hydrogens is 270 g/mol. The standard InChI is InChI=1S/C15H23N3O3/c1-10-4-5-13(17-16)12(6-10)14(20)18-7-11(8-19)21-15(2,3)9-18/h4-6,11,17,19H,7-9,16H2,1-3H3. The lowest BCUT2D eigenvalue weighted by molar-refractivity contribution is -0.139. The highest BCUT2D eigenvalue weighted by atomic mass is 16.5. The van der Waals surface area contributed by atoms with E-state index in [4.69, 9.17) is 10.6 Å². The summed E-state index contributed by atoms with van der Waals surface area (Å²) >= 11 is 0. The van der Waals surface area contributed by atoms with Crippen LogP contribution in [0.3, 0.4) is 0 Å². The first-order valence-electron chi connectivity index (χ1n) is 7.01. The Morgan fingerprint density at radius 3 is 2.90 bits per heavy atom. The van der Waals surface area contributed by atoms with Crippen LogP contribution in [0.2, 0.25) is 0 Å². The molecule has 1 fully saturated rings. The van der Waals surface area contributed by atoms with Gasteiger partial charge in [-0.05, 0) is 32.9 Å². The summed E-state index contributed by atoms with van der Waals surface area (Å²) in [7, 11) is 0. The summed E-state index contributed by atoms with van der Waals surface area (Å²) in [6.45, 7) is 6.48. The van der Waals surface area contributed by atoms with Gasteiger partial charge in [0.1, 0.15) is 0 Å². The number of aliphatic hydroxyl groups excluding tert-OH is 1. The SMILES string of the molecule is Cc1ccc(NN)c(C(=O)N2CC(CO)OC(C)(C)C2)c1. The number of nitrogens with one attached hydrogen (secondary N) is 1. The molecule has 0 aromatic heterocycles. The van der Waals surface area contributed by atoms with Gasteiger partial charge in [0, 0.05) is 13.1 Å². The Labute approximate surface area is 124 Å². The van der Waals surface area contributed by atoms with Gasteiger partial charge in [0.05, 0.1) is 29.6 Å². The Bertz CT molecular complexity index is 531. The van der Waals surface area contributed by atoms with Gasteiger partial charge in [0.2, 0.25) is 0 Å². The lowest BCUT2D eigenvalue weighted by Gasteiger charge is -2.42. The van der Waals surface area contributed by atoms with Crippen LogP contribution in [0.25, 0.3) is 0 Å². The van der Waals surface area contributed by atoms with E-state index in [0.717, 1.165) is 5.56 Å². The monoisotopic (exact) mass is 293 g/mol. The molecule has 21 heavy (non-hydrogen) atoms. The molecule has 1 aliphatic heterocycles. The summed E-state index contributed by atoms with van der Waals surface area (Å²) in [6.07, 6.45) is -0.364. The van der Waals surface area contributed by atoms with E-state index in [2.05, 4.69) is 5.43 Å². The molecule has 0 radical (unpaired) electrons. The van der Waals surface area contributed by atoms with Crippen LogP contribution in [0.4, 0.5) is 5.69 Å². The number of carbonyl (C=O) groups excluding carboxylic acids is 1. The lowest BCUT2D eigenvalue weighted by atomic mass is 10.0. The van der Waals surface area contributed by atoms with Crippen molar-refractivity contribution in [3.05, 3.63) is 29.3 Å². The van der Waals surface area contributed by atoms with Gasteiger partial charge in [-0.15, -0.1) is 0 Å².